The molecule has 0 saturated heterocycles. The number of anilines is 3. The first kappa shape index (κ1) is 22.9. The summed E-state index contributed by atoms with van der Waals surface area (Å²) in [7, 11) is 0. The van der Waals surface area contributed by atoms with Crippen LogP contribution in [0.25, 0.3) is 65.7 Å². The minimum absolute atomic E-state index is 0.774. The number of hydrogen-bond acceptors (Lipinski definition) is 3. The second kappa shape index (κ2) is 8.93. The van der Waals surface area contributed by atoms with E-state index in [9.17, 15) is 0 Å². The van der Waals surface area contributed by atoms with E-state index in [0.29, 0.717) is 0 Å². The molecule has 0 fully saturated rings. The second-order valence-corrected chi connectivity index (χ2v) is 10.3. The molecule has 0 aliphatic rings. The quantitative estimate of drug-likeness (QED) is 0.212. The van der Waals surface area contributed by atoms with E-state index >= 15 is 0 Å². The molecule has 0 amide bonds. The monoisotopic (exact) mass is 501 g/mol. The molecule has 0 spiro atoms. The van der Waals surface area contributed by atoms with Crippen LogP contribution in [0.15, 0.2) is 127 Å². The van der Waals surface area contributed by atoms with Gasteiger partial charge in [-0.05, 0) is 138 Å². The molecule has 0 aliphatic heterocycles. The smallest absolute Gasteiger partial charge is 0.0320 e. The maximum absolute atomic E-state index is 6.02. The van der Waals surface area contributed by atoms with Gasteiger partial charge in [-0.15, -0.1) is 0 Å². The Morgan fingerprint density at radius 1 is 0.231 bits per heavy atom. The van der Waals surface area contributed by atoms with Gasteiger partial charge in [0.05, 0.1) is 0 Å². The predicted molar refractivity (Wildman–Crippen MR) is 169 cm³/mol. The second-order valence-electron chi connectivity index (χ2n) is 10.3. The summed E-state index contributed by atoms with van der Waals surface area (Å²) in [6.07, 6.45) is 0. The van der Waals surface area contributed by atoms with Crippen molar-refractivity contribution < 1.29 is 0 Å². The highest BCUT2D eigenvalue weighted by Gasteiger charge is 2.10. The topological polar surface area (TPSA) is 78.1 Å². The van der Waals surface area contributed by atoms with Gasteiger partial charge < -0.3 is 17.2 Å². The lowest BCUT2D eigenvalue weighted by atomic mass is 9.91. The first-order valence-electron chi connectivity index (χ1n) is 13.0. The van der Waals surface area contributed by atoms with Gasteiger partial charge in [-0.1, -0.05) is 54.6 Å². The molecule has 6 N–H and O–H groups in total. The fourth-order valence-corrected chi connectivity index (χ4v) is 5.46. The maximum atomic E-state index is 6.02. The standard InChI is InChI=1S/C36H27N3/c37-34-10-7-22-13-25(1-4-28(22)19-34)31-16-32(26-2-5-29-20-35(38)11-8-23(29)14-26)18-33(17-31)27-3-6-30-21-36(39)12-9-24(30)15-27/h1-21H,37-39H2. The lowest BCUT2D eigenvalue weighted by molar-refractivity contribution is 1.59. The van der Waals surface area contributed by atoms with E-state index in [1.54, 1.807) is 0 Å². The molecule has 0 aliphatic carbocycles. The van der Waals surface area contributed by atoms with Crippen molar-refractivity contribution in [3.05, 3.63) is 127 Å². The summed E-state index contributed by atoms with van der Waals surface area (Å²) in [5.74, 6) is 0. The van der Waals surface area contributed by atoms with Crippen molar-refractivity contribution in [2.45, 2.75) is 0 Å². The number of nitrogen functional groups attached to an aromatic ring is 3. The van der Waals surface area contributed by atoms with E-state index in [-0.39, 0.29) is 0 Å². The highest BCUT2D eigenvalue weighted by atomic mass is 14.5. The van der Waals surface area contributed by atoms with Gasteiger partial charge in [-0.2, -0.15) is 0 Å². The van der Waals surface area contributed by atoms with Crippen LogP contribution in [0, 0.1) is 0 Å². The molecule has 7 aromatic carbocycles. The summed E-state index contributed by atoms with van der Waals surface area (Å²) in [6, 6.07) is 44.7. The molecule has 0 radical (unpaired) electrons. The van der Waals surface area contributed by atoms with Crippen LogP contribution >= 0.6 is 0 Å². The van der Waals surface area contributed by atoms with E-state index < -0.39 is 0 Å². The third kappa shape index (κ3) is 4.30. The predicted octanol–water partition coefficient (Wildman–Crippen LogP) is 8.89. The fourth-order valence-electron chi connectivity index (χ4n) is 5.46. The lowest BCUT2D eigenvalue weighted by Gasteiger charge is -2.13. The number of fused-ring (bicyclic) bond motifs is 3. The van der Waals surface area contributed by atoms with Crippen LogP contribution in [-0.2, 0) is 0 Å². The van der Waals surface area contributed by atoms with Crippen LogP contribution in [0.4, 0.5) is 17.1 Å². The minimum Gasteiger partial charge on any atom is -0.399 e. The molecule has 7 rings (SSSR count). The van der Waals surface area contributed by atoms with Crippen molar-refractivity contribution >= 4 is 49.4 Å². The summed E-state index contributed by atoms with van der Waals surface area (Å²) in [4.78, 5) is 0. The molecule has 0 heterocycles. The summed E-state index contributed by atoms with van der Waals surface area (Å²) in [6.45, 7) is 0. The van der Waals surface area contributed by atoms with E-state index in [2.05, 4.69) is 91.0 Å². The summed E-state index contributed by atoms with van der Waals surface area (Å²) in [5, 5.41) is 6.91. The van der Waals surface area contributed by atoms with Crippen LogP contribution in [0.3, 0.4) is 0 Å². The minimum atomic E-state index is 0.774. The maximum Gasteiger partial charge on any atom is 0.0320 e. The zero-order chi connectivity index (χ0) is 26.5. The zero-order valence-corrected chi connectivity index (χ0v) is 21.4. The number of rotatable bonds is 3. The molecule has 3 heteroatoms. The van der Waals surface area contributed by atoms with Crippen LogP contribution < -0.4 is 17.2 Å². The van der Waals surface area contributed by atoms with Crippen molar-refractivity contribution in [2.75, 3.05) is 17.2 Å². The highest BCUT2D eigenvalue weighted by molar-refractivity contribution is 5.94. The van der Waals surface area contributed by atoms with Crippen molar-refractivity contribution in [2.24, 2.45) is 0 Å². The van der Waals surface area contributed by atoms with E-state index in [1.807, 2.05) is 36.4 Å². The highest BCUT2D eigenvalue weighted by Crippen LogP contribution is 2.36. The first-order valence-corrected chi connectivity index (χ1v) is 13.0. The third-order valence-corrected chi connectivity index (χ3v) is 7.53. The van der Waals surface area contributed by atoms with E-state index in [4.69, 9.17) is 17.2 Å². The van der Waals surface area contributed by atoms with Gasteiger partial charge in [-0.3, -0.25) is 0 Å². The van der Waals surface area contributed by atoms with Gasteiger partial charge in [0.1, 0.15) is 0 Å². The fraction of sp³-hybridized carbons (Fsp3) is 0. The number of benzene rings is 7. The Labute approximate surface area is 227 Å². The molecule has 0 bridgehead atoms. The van der Waals surface area contributed by atoms with Crippen molar-refractivity contribution in [1.82, 2.24) is 0 Å². The van der Waals surface area contributed by atoms with Crippen LogP contribution in [0.2, 0.25) is 0 Å². The van der Waals surface area contributed by atoms with Gasteiger partial charge in [-0.25, -0.2) is 0 Å². The number of hydrogen-bond donors (Lipinski definition) is 3. The first-order chi connectivity index (χ1) is 19.0. The Kier molecular flexibility index (Phi) is 5.24. The molecule has 0 unspecified atom stereocenters. The summed E-state index contributed by atoms with van der Waals surface area (Å²) in [5.41, 5.74) is 27.4. The molecule has 0 saturated carbocycles. The molecular formula is C36H27N3. The lowest BCUT2D eigenvalue weighted by Crippen LogP contribution is -1.89. The molecule has 0 aromatic heterocycles. The van der Waals surface area contributed by atoms with Crippen LogP contribution in [-0.4, -0.2) is 0 Å². The Balaban J connectivity index is 1.43. The van der Waals surface area contributed by atoms with E-state index in [1.165, 1.54) is 16.2 Å². The molecule has 39 heavy (non-hydrogen) atoms. The van der Waals surface area contributed by atoms with Crippen molar-refractivity contribution in [3.63, 3.8) is 0 Å². The molecule has 186 valence electrons. The Morgan fingerprint density at radius 2 is 0.487 bits per heavy atom. The van der Waals surface area contributed by atoms with Crippen molar-refractivity contribution in [1.29, 1.82) is 0 Å². The van der Waals surface area contributed by atoms with E-state index in [0.717, 1.165) is 66.6 Å². The van der Waals surface area contributed by atoms with Gasteiger partial charge in [0.2, 0.25) is 0 Å². The number of nitrogens with two attached hydrogens (primary N) is 3. The Morgan fingerprint density at radius 3 is 0.795 bits per heavy atom. The average molecular weight is 502 g/mol. The molecule has 0 atom stereocenters. The molecular weight excluding hydrogens is 474 g/mol. The van der Waals surface area contributed by atoms with Gasteiger partial charge in [0.25, 0.3) is 0 Å². The van der Waals surface area contributed by atoms with Gasteiger partial charge >= 0.3 is 0 Å². The largest absolute Gasteiger partial charge is 0.399 e. The van der Waals surface area contributed by atoms with Gasteiger partial charge in [0.15, 0.2) is 0 Å². The average Bonchev–Trinajstić information content (AvgIpc) is 2.96. The van der Waals surface area contributed by atoms with Crippen LogP contribution in [0.1, 0.15) is 0 Å². The SMILES string of the molecule is Nc1ccc2cc(-c3cc(-c4ccc5cc(N)ccc5c4)cc(-c4ccc5cc(N)ccc5c4)c3)ccc2c1. The Bertz CT molecular complexity index is 1810. The third-order valence-electron chi connectivity index (χ3n) is 7.53. The van der Waals surface area contributed by atoms with Crippen molar-refractivity contribution in [3.8, 4) is 33.4 Å². The molecule has 3 nitrogen and oxygen atoms in total. The zero-order valence-electron chi connectivity index (χ0n) is 21.4. The normalized spacial score (nSPS) is 11.4. The Hall–Kier alpha value is -5.28. The summed E-state index contributed by atoms with van der Waals surface area (Å²) >= 11 is 0. The summed E-state index contributed by atoms with van der Waals surface area (Å²) < 4.78 is 0. The molecule has 7 aromatic rings. The van der Waals surface area contributed by atoms with Gasteiger partial charge in [0, 0.05) is 17.1 Å². The van der Waals surface area contributed by atoms with Crippen LogP contribution in [0.5, 0.6) is 0 Å².